The maximum Gasteiger partial charge on any atom is 0.185 e. The Labute approximate surface area is 167 Å². The molecule has 4 aromatic rings. The van der Waals surface area contributed by atoms with Crippen LogP contribution in [0.1, 0.15) is 39.6 Å². The smallest absolute Gasteiger partial charge is 0.185 e. The Hall–Kier alpha value is -3.68. The highest BCUT2D eigenvalue weighted by Gasteiger charge is 2.13. The van der Waals surface area contributed by atoms with E-state index in [0.717, 1.165) is 33.5 Å². The Kier molecular flexibility index (Phi) is 4.99. The van der Waals surface area contributed by atoms with Crippen molar-refractivity contribution in [3.63, 3.8) is 0 Å². The second kappa shape index (κ2) is 7.75. The zero-order chi connectivity index (χ0) is 20.4. The third-order valence-corrected chi connectivity index (χ3v) is 4.72. The fourth-order valence-corrected chi connectivity index (χ4v) is 3.20. The summed E-state index contributed by atoms with van der Waals surface area (Å²) in [4.78, 5) is 25.4. The molecule has 0 bridgehead atoms. The van der Waals surface area contributed by atoms with Gasteiger partial charge in [0.2, 0.25) is 0 Å². The van der Waals surface area contributed by atoms with Crippen LogP contribution >= 0.6 is 0 Å². The second-order valence-electron chi connectivity index (χ2n) is 7.03. The molecule has 0 amide bonds. The Balaban J connectivity index is 1.42. The lowest BCUT2D eigenvalue weighted by molar-refractivity contribution is 0.0977. The van der Waals surface area contributed by atoms with Gasteiger partial charge in [0.25, 0.3) is 0 Å². The van der Waals surface area contributed by atoms with Crippen molar-refractivity contribution in [1.29, 1.82) is 0 Å². The molecule has 2 N–H and O–H groups in total. The Morgan fingerprint density at radius 2 is 2.00 bits per heavy atom. The largest absolute Gasteiger partial charge is 0.382 e. The first kappa shape index (κ1) is 18.7. The molecule has 1 aromatic carbocycles. The summed E-state index contributed by atoms with van der Waals surface area (Å²) in [6, 6.07) is 10.1. The third-order valence-electron chi connectivity index (χ3n) is 4.72. The van der Waals surface area contributed by atoms with Gasteiger partial charge >= 0.3 is 0 Å². The molecule has 4 rings (SSSR count). The minimum atomic E-state index is -0.0764. The first-order chi connectivity index (χ1) is 14.0. The van der Waals surface area contributed by atoms with Gasteiger partial charge in [-0.3, -0.25) is 14.8 Å². The van der Waals surface area contributed by atoms with Crippen LogP contribution in [0.2, 0.25) is 0 Å². The minimum absolute atomic E-state index is 0.0764. The topological polar surface area (TPSA) is 112 Å². The Bertz CT molecular complexity index is 1200. The van der Waals surface area contributed by atoms with Crippen LogP contribution in [-0.2, 0) is 13.0 Å². The van der Waals surface area contributed by atoms with Gasteiger partial charge in [0.15, 0.2) is 5.78 Å². The van der Waals surface area contributed by atoms with E-state index >= 15 is 0 Å². The highest BCUT2D eigenvalue weighted by Crippen LogP contribution is 2.16. The summed E-state index contributed by atoms with van der Waals surface area (Å²) in [7, 11) is 0. The van der Waals surface area contributed by atoms with E-state index in [1.54, 1.807) is 10.9 Å². The number of pyridine rings is 1. The molecule has 0 spiro atoms. The second-order valence-corrected chi connectivity index (χ2v) is 7.03. The van der Waals surface area contributed by atoms with Crippen molar-refractivity contribution < 1.29 is 4.79 Å². The molecule has 0 aliphatic rings. The molecule has 8 nitrogen and oxygen atoms in total. The summed E-state index contributed by atoms with van der Waals surface area (Å²) in [5.41, 5.74) is 10.5. The number of carbonyl (C=O) groups excluding carboxylic acids is 1. The molecule has 8 heteroatoms. The monoisotopic (exact) mass is 387 g/mol. The SMILES string of the molecule is Cc1ccc2cc(Cn3cc(C(=O)CCc4ncc(N)nc4C)nn3)ccc2n1. The van der Waals surface area contributed by atoms with E-state index in [2.05, 4.69) is 37.4 Å². The molecule has 0 aliphatic carbocycles. The number of rotatable bonds is 6. The number of Topliss-reactive ketones (excluding diaryl/α,β-unsaturated/α-hetero) is 1. The van der Waals surface area contributed by atoms with E-state index < -0.39 is 0 Å². The van der Waals surface area contributed by atoms with E-state index in [9.17, 15) is 4.79 Å². The van der Waals surface area contributed by atoms with Gasteiger partial charge in [0.1, 0.15) is 11.5 Å². The van der Waals surface area contributed by atoms with Crippen LogP contribution in [0.25, 0.3) is 10.9 Å². The number of hydrogen-bond acceptors (Lipinski definition) is 7. The average Bonchev–Trinajstić information content (AvgIpc) is 3.16. The van der Waals surface area contributed by atoms with Crippen molar-refractivity contribution in [2.45, 2.75) is 33.2 Å². The van der Waals surface area contributed by atoms with Crippen molar-refractivity contribution in [1.82, 2.24) is 29.9 Å². The van der Waals surface area contributed by atoms with E-state index in [-0.39, 0.29) is 5.78 Å². The lowest BCUT2D eigenvalue weighted by atomic mass is 10.1. The number of ketones is 1. The number of carbonyl (C=O) groups is 1. The van der Waals surface area contributed by atoms with Crippen molar-refractivity contribution in [3.05, 3.63) is 71.1 Å². The molecular formula is C21H21N7O. The van der Waals surface area contributed by atoms with Crippen molar-refractivity contribution in [3.8, 4) is 0 Å². The molecule has 3 aromatic heterocycles. The molecule has 0 atom stereocenters. The third kappa shape index (κ3) is 4.26. The van der Waals surface area contributed by atoms with Gasteiger partial charge in [-0.25, -0.2) is 9.67 Å². The van der Waals surface area contributed by atoms with Gasteiger partial charge in [-0.15, -0.1) is 5.10 Å². The van der Waals surface area contributed by atoms with Gasteiger partial charge in [0, 0.05) is 17.5 Å². The van der Waals surface area contributed by atoms with Crippen LogP contribution in [0.15, 0.2) is 42.7 Å². The maximum atomic E-state index is 12.5. The first-order valence-corrected chi connectivity index (χ1v) is 9.35. The number of aryl methyl sites for hydroxylation is 3. The standard InChI is InChI=1S/C21H21N7O/c1-13-3-5-16-9-15(4-6-18(16)24-13)11-28-12-19(26-27-28)20(29)8-7-17-14(2)25-21(22)10-23-17/h3-6,9-10,12H,7-8,11H2,1-2H3,(H2,22,25). The number of anilines is 1. The molecule has 29 heavy (non-hydrogen) atoms. The van der Waals surface area contributed by atoms with Gasteiger partial charge in [-0.1, -0.05) is 17.3 Å². The molecule has 3 heterocycles. The fraction of sp³-hybridized carbons (Fsp3) is 0.238. The van der Waals surface area contributed by atoms with Crippen LogP contribution in [0.5, 0.6) is 0 Å². The number of hydrogen-bond donors (Lipinski definition) is 1. The van der Waals surface area contributed by atoms with E-state index in [1.165, 1.54) is 6.20 Å². The number of nitrogen functional groups attached to an aromatic ring is 1. The molecular weight excluding hydrogens is 366 g/mol. The van der Waals surface area contributed by atoms with Crippen molar-refractivity contribution in [2.24, 2.45) is 0 Å². The quantitative estimate of drug-likeness (QED) is 0.506. The number of fused-ring (bicyclic) bond motifs is 1. The number of nitrogens with zero attached hydrogens (tertiary/aromatic N) is 6. The molecule has 0 aliphatic heterocycles. The molecule has 0 saturated heterocycles. The van der Waals surface area contributed by atoms with Gasteiger partial charge in [-0.05, 0) is 44.0 Å². The fourth-order valence-electron chi connectivity index (χ4n) is 3.20. The number of aromatic nitrogens is 6. The predicted octanol–water partition coefficient (Wildman–Crippen LogP) is 2.68. The number of benzene rings is 1. The Morgan fingerprint density at radius 3 is 2.83 bits per heavy atom. The van der Waals surface area contributed by atoms with Crippen molar-refractivity contribution >= 4 is 22.5 Å². The van der Waals surface area contributed by atoms with Gasteiger partial charge in [0.05, 0.1) is 35.8 Å². The summed E-state index contributed by atoms with van der Waals surface area (Å²) in [6.45, 7) is 4.34. The summed E-state index contributed by atoms with van der Waals surface area (Å²) in [6.07, 6.45) is 3.96. The van der Waals surface area contributed by atoms with E-state index in [1.807, 2.05) is 32.0 Å². The highest BCUT2D eigenvalue weighted by atomic mass is 16.1. The van der Waals surface area contributed by atoms with Gasteiger partial charge < -0.3 is 5.73 Å². The Morgan fingerprint density at radius 1 is 1.14 bits per heavy atom. The average molecular weight is 387 g/mol. The molecule has 0 unspecified atom stereocenters. The highest BCUT2D eigenvalue weighted by molar-refractivity contribution is 5.93. The van der Waals surface area contributed by atoms with Crippen LogP contribution in [0, 0.1) is 13.8 Å². The normalized spacial score (nSPS) is 11.1. The van der Waals surface area contributed by atoms with Crippen molar-refractivity contribution in [2.75, 3.05) is 5.73 Å². The minimum Gasteiger partial charge on any atom is -0.382 e. The van der Waals surface area contributed by atoms with Crippen LogP contribution in [0.4, 0.5) is 5.82 Å². The maximum absolute atomic E-state index is 12.5. The van der Waals surface area contributed by atoms with E-state index in [4.69, 9.17) is 5.73 Å². The summed E-state index contributed by atoms with van der Waals surface area (Å²) in [5.74, 6) is 0.299. The zero-order valence-corrected chi connectivity index (χ0v) is 16.3. The van der Waals surface area contributed by atoms with Crippen LogP contribution in [0.3, 0.4) is 0 Å². The number of nitrogens with two attached hydrogens (primary N) is 1. The molecule has 0 saturated carbocycles. The molecule has 0 radical (unpaired) electrons. The van der Waals surface area contributed by atoms with E-state index in [0.29, 0.717) is 30.9 Å². The molecule has 146 valence electrons. The molecule has 0 fully saturated rings. The van der Waals surface area contributed by atoms with Crippen LogP contribution < -0.4 is 5.73 Å². The lowest BCUT2D eigenvalue weighted by Gasteiger charge is -2.04. The predicted molar refractivity (Wildman–Crippen MR) is 109 cm³/mol. The summed E-state index contributed by atoms with van der Waals surface area (Å²) < 4.78 is 1.67. The first-order valence-electron chi connectivity index (χ1n) is 9.35. The summed E-state index contributed by atoms with van der Waals surface area (Å²) >= 11 is 0. The van der Waals surface area contributed by atoms with Crippen LogP contribution in [-0.4, -0.2) is 35.7 Å². The van der Waals surface area contributed by atoms with Gasteiger partial charge in [-0.2, -0.15) is 0 Å². The lowest BCUT2D eigenvalue weighted by Crippen LogP contribution is -2.06. The summed E-state index contributed by atoms with van der Waals surface area (Å²) in [5, 5.41) is 9.20. The zero-order valence-electron chi connectivity index (χ0n) is 16.3.